The summed E-state index contributed by atoms with van der Waals surface area (Å²) in [5.74, 6) is 0.0373. The van der Waals surface area contributed by atoms with Crippen LogP contribution in [-0.2, 0) is 6.42 Å². The van der Waals surface area contributed by atoms with Crippen LogP contribution in [0.4, 0.5) is 5.69 Å². The van der Waals surface area contributed by atoms with Gasteiger partial charge in [0.05, 0.1) is 10.6 Å². The Labute approximate surface area is 177 Å². The maximum absolute atomic E-state index is 12.4. The van der Waals surface area contributed by atoms with Crippen molar-refractivity contribution in [2.45, 2.75) is 39.5 Å². The summed E-state index contributed by atoms with van der Waals surface area (Å²) in [5, 5.41) is 18.0. The Morgan fingerprint density at radius 3 is 2.77 bits per heavy atom. The Bertz CT molecular complexity index is 1040. The van der Waals surface area contributed by atoms with E-state index in [0.29, 0.717) is 36.4 Å². The van der Waals surface area contributed by atoms with E-state index in [1.54, 1.807) is 6.92 Å². The number of hydrogen-bond donors (Lipinski definition) is 2. The molecule has 158 valence electrons. The lowest BCUT2D eigenvalue weighted by atomic mass is 9.93. The molecule has 2 amide bonds. The highest BCUT2D eigenvalue weighted by molar-refractivity contribution is 6.32. The Balaban J connectivity index is 1.84. The summed E-state index contributed by atoms with van der Waals surface area (Å²) in [5.41, 5.74) is 4.15. The van der Waals surface area contributed by atoms with E-state index in [2.05, 4.69) is 15.8 Å². The zero-order valence-corrected chi connectivity index (χ0v) is 17.3. The molecule has 3 rings (SSSR count). The second kappa shape index (κ2) is 9.08. The normalized spacial score (nSPS) is 14.3. The van der Waals surface area contributed by atoms with Gasteiger partial charge in [-0.3, -0.25) is 19.7 Å². The highest BCUT2D eigenvalue weighted by atomic mass is 35.5. The van der Waals surface area contributed by atoms with Gasteiger partial charge in [-0.2, -0.15) is 5.10 Å². The fourth-order valence-corrected chi connectivity index (χ4v) is 3.48. The molecule has 0 spiro atoms. The molecule has 0 unspecified atom stereocenters. The minimum Gasteiger partial charge on any atom is -0.455 e. The van der Waals surface area contributed by atoms with Crippen molar-refractivity contribution in [1.82, 2.24) is 10.7 Å². The Hall–Kier alpha value is -3.20. The van der Waals surface area contributed by atoms with E-state index in [1.807, 2.05) is 6.92 Å². The average molecular weight is 433 g/mol. The largest absolute Gasteiger partial charge is 0.455 e. The van der Waals surface area contributed by atoms with Gasteiger partial charge in [-0.1, -0.05) is 18.5 Å². The first-order valence-corrected chi connectivity index (χ1v) is 9.93. The molecule has 0 saturated carbocycles. The number of amides is 2. The molecule has 1 aliphatic rings. The predicted molar refractivity (Wildman–Crippen MR) is 111 cm³/mol. The summed E-state index contributed by atoms with van der Waals surface area (Å²) >= 11 is 5.78. The minimum absolute atomic E-state index is 0.0531. The number of carbonyl (C=O) groups excluding carboxylic acids is 2. The SMILES string of the molecule is CCCNC(=O)c1oc2c(c1C)/C(=N/NC(=O)c1ccc(Cl)c([N+](=O)[O-])c1)CCC2. The number of hydrazone groups is 1. The van der Waals surface area contributed by atoms with Crippen LogP contribution in [-0.4, -0.2) is 29.0 Å². The molecular weight excluding hydrogens is 412 g/mol. The van der Waals surface area contributed by atoms with E-state index in [0.717, 1.165) is 24.5 Å². The summed E-state index contributed by atoms with van der Waals surface area (Å²) in [7, 11) is 0. The predicted octanol–water partition coefficient (Wildman–Crippen LogP) is 3.76. The molecule has 2 N–H and O–H groups in total. The molecule has 1 aliphatic carbocycles. The number of nitrogens with zero attached hydrogens (tertiary/aromatic N) is 2. The molecule has 30 heavy (non-hydrogen) atoms. The van der Waals surface area contributed by atoms with Gasteiger partial charge < -0.3 is 9.73 Å². The van der Waals surface area contributed by atoms with Crippen molar-refractivity contribution in [2.24, 2.45) is 5.10 Å². The first-order chi connectivity index (χ1) is 14.3. The van der Waals surface area contributed by atoms with Gasteiger partial charge in [0.1, 0.15) is 10.8 Å². The highest BCUT2D eigenvalue weighted by Crippen LogP contribution is 2.30. The molecule has 0 saturated heterocycles. The van der Waals surface area contributed by atoms with Crippen LogP contribution in [0.1, 0.15) is 64.0 Å². The summed E-state index contributed by atoms with van der Waals surface area (Å²) in [6.07, 6.45) is 2.85. The smallest absolute Gasteiger partial charge is 0.288 e. The van der Waals surface area contributed by atoms with E-state index in [4.69, 9.17) is 16.0 Å². The average Bonchev–Trinajstić information content (AvgIpc) is 3.07. The summed E-state index contributed by atoms with van der Waals surface area (Å²) in [4.78, 5) is 35.1. The molecule has 0 bridgehead atoms. The fourth-order valence-electron chi connectivity index (χ4n) is 3.29. The van der Waals surface area contributed by atoms with E-state index in [-0.39, 0.29) is 27.9 Å². The maximum atomic E-state index is 12.4. The van der Waals surface area contributed by atoms with Crippen LogP contribution < -0.4 is 10.7 Å². The monoisotopic (exact) mass is 432 g/mol. The minimum atomic E-state index is -0.654. The topological polar surface area (TPSA) is 127 Å². The number of furan rings is 1. The third kappa shape index (κ3) is 4.35. The Morgan fingerprint density at radius 2 is 2.07 bits per heavy atom. The molecule has 1 aromatic carbocycles. The van der Waals surface area contributed by atoms with Crippen molar-refractivity contribution < 1.29 is 18.9 Å². The fraction of sp³-hybridized carbons (Fsp3) is 0.350. The van der Waals surface area contributed by atoms with E-state index >= 15 is 0 Å². The number of nitro groups is 1. The molecule has 0 aliphatic heterocycles. The number of benzene rings is 1. The van der Waals surface area contributed by atoms with Crippen molar-refractivity contribution >= 4 is 34.8 Å². The van der Waals surface area contributed by atoms with Gasteiger partial charge in [0.2, 0.25) is 0 Å². The van der Waals surface area contributed by atoms with Gasteiger partial charge in [-0.25, -0.2) is 5.43 Å². The van der Waals surface area contributed by atoms with Crippen molar-refractivity contribution in [3.05, 3.63) is 61.5 Å². The Morgan fingerprint density at radius 1 is 1.30 bits per heavy atom. The van der Waals surface area contributed by atoms with Crippen molar-refractivity contribution in [1.29, 1.82) is 0 Å². The third-order valence-electron chi connectivity index (χ3n) is 4.76. The third-order valence-corrected chi connectivity index (χ3v) is 5.08. The van der Waals surface area contributed by atoms with Crippen molar-refractivity contribution in [2.75, 3.05) is 6.54 Å². The first kappa shape index (κ1) is 21.5. The van der Waals surface area contributed by atoms with Crippen molar-refractivity contribution in [3.8, 4) is 0 Å². The molecule has 1 heterocycles. The van der Waals surface area contributed by atoms with Gasteiger partial charge in [0.15, 0.2) is 5.76 Å². The van der Waals surface area contributed by atoms with Crippen LogP contribution in [0.2, 0.25) is 5.02 Å². The maximum Gasteiger partial charge on any atom is 0.288 e. The number of nitrogens with one attached hydrogen (secondary N) is 2. The quantitative estimate of drug-likeness (QED) is 0.530. The van der Waals surface area contributed by atoms with Crippen LogP contribution in [0, 0.1) is 17.0 Å². The number of aryl methyl sites for hydroxylation is 1. The molecule has 9 nitrogen and oxygen atoms in total. The van der Waals surface area contributed by atoms with Gasteiger partial charge in [-0.05, 0) is 38.3 Å². The van der Waals surface area contributed by atoms with Gasteiger partial charge in [0.25, 0.3) is 17.5 Å². The van der Waals surface area contributed by atoms with Crippen LogP contribution >= 0.6 is 11.6 Å². The second-order valence-corrected chi connectivity index (χ2v) is 7.29. The number of carbonyl (C=O) groups is 2. The standard InChI is InChI=1S/C20H21ClN4O5/c1-3-9-22-20(27)18-11(2)17-14(5-4-6-16(17)30-18)23-24-19(26)12-7-8-13(21)15(10-12)25(28)29/h7-8,10H,3-6,9H2,1-2H3,(H,22,27)(H,24,26)/b23-14+. The van der Waals surface area contributed by atoms with Crippen LogP contribution in [0.25, 0.3) is 0 Å². The molecule has 1 aromatic heterocycles. The first-order valence-electron chi connectivity index (χ1n) is 9.55. The number of rotatable bonds is 6. The number of hydrogen-bond acceptors (Lipinski definition) is 6. The lowest BCUT2D eigenvalue weighted by molar-refractivity contribution is -0.384. The summed E-state index contributed by atoms with van der Waals surface area (Å²) < 4.78 is 5.78. The lowest BCUT2D eigenvalue weighted by Gasteiger charge is -2.13. The lowest BCUT2D eigenvalue weighted by Crippen LogP contribution is -2.24. The van der Waals surface area contributed by atoms with E-state index in [1.165, 1.54) is 12.1 Å². The summed E-state index contributed by atoms with van der Waals surface area (Å²) in [6.45, 7) is 4.30. The van der Waals surface area contributed by atoms with Gasteiger partial charge >= 0.3 is 0 Å². The zero-order valence-electron chi connectivity index (χ0n) is 16.6. The molecular formula is C20H21ClN4O5. The highest BCUT2D eigenvalue weighted by Gasteiger charge is 2.28. The Kier molecular flexibility index (Phi) is 6.51. The van der Waals surface area contributed by atoms with E-state index < -0.39 is 10.8 Å². The molecule has 0 atom stereocenters. The van der Waals surface area contributed by atoms with Gasteiger partial charge in [-0.15, -0.1) is 0 Å². The van der Waals surface area contributed by atoms with Crippen molar-refractivity contribution in [3.63, 3.8) is 0 Å². The zero-order chi connectivity index (χ0) is 21.8. The van der Waals surface area contributed by atoms with Gasteiger partial charge in [0, 0.05) is 35.7 Å². The summed E-state index contributed by atoms with van der Waals surface area (Å²) in [6, 6.07) is 3.78. The second-order valence-electron chi connectivity index (χ2n) is 6.89. The van der Waals surface area contributed by atoms with E-state index in [9.17, 15) is 19.7 Å². The number of halogens is 1. The van der Waals surface area contributed by atoms with Crippen LogP contribution in [0.15, 0.2) is 27.7 Å². The number of nitro benzene ring substituents is 1. The molecule has 0 fully saturated rings. The molecule has 0 radical (unpaired) electrons. The molecule has 2 aromatic rings. The van der Waals surface area contributed by atoms with Crippen LogP contribution in [0.5, 0.6) is 0 Å². The molecule has 10 heteroatoms. The number of fused-ring (bicyclic) bond motifs is 1. The van der Waals surface area contributed by atoms with Crippen LogP contribution in [0.3, 0.4) is 0 Å².